The summed E-state index contributed by atoms with van der Waals surface area (Å²) in [7, 11) is 0. The van der Waals surface area contributed by atoms with Crippen LogP contribution in [0.1, 0.15) is 0 Å². The summed E-state index contributed by atoms with van der Waals surface area (Å²) in [6.45, 7) is 0. The van der Waals surface area contributed by atoms with Gasteiger partial charge in [0.15, 0.2) is 0 Å². The van der Waals surface area contributed by atoms with Crippen LogP contribution in [0.25, 0.3) is 121 Å². The molecule has 11 aromatic carbocycles. The molecule has 0 aromatic heterocycles. The molecule has 0 spiro atoms. The van der Waals surface area contributed by atoms with Crippen LogP contribution < -0.4 is 0 Å². The highest BCUT2D eigenvalue weighted by molar-refractivity contribution is 6.31. The molecule has 0 nitrogen and oxygen atoms in total. The van der Waals surface area contributed by atoms with Gasteiger partial charge in [-0.15, -0.1) is 0 Å². The zero-order chi connectivity index (χ0) is 38.2. The molecule has 0 fully saturated rings. The van der Waals surface area contributed by atoms with Crippen molar-refractivity contribution in [3.8, 4) is 77.9 Å². The molecule has 0 bridgehead atoms. The lowest BCUT2D eigenvalue weighted by Crippen LogP contribution is -1.95. The SMILES string of the molecule is c1ccc(-c2cccc(-c3c4c(c(-c5cc(-c6ccccc6)cc(-c6ccccc6)c5)c5cc6ccccc6cc35)-c3cccc5c3c-4cc3ccccc35)c2)cc1. The second kappa shape index (κ2) is 13.0. The predicted molar refractivity (Wildman–Crippen MR) is 248 cm³/mol. The van der Waals surface area contributed by atoms with Gasteiger partial charge in [0, 0.05) is 0 Å². The van der Waals surface area contributed by atoms with Crippen LogP contribution in [0.3, 0.4) is 0 Å². The van der Waals surface area contributed by atoms with E-state index in [2.05, 4.69) is 218 Å². The van der Waals surface area contributed by atoms with Gasteiger partial charge < -0.3 is 0 Å². The van der Waals surface area contributed by atoms with Crippen molar-refractivity contribution in [3.63, 3.8) is 0 Å². The number of benzene rings is 11. The minimum Gasteiger partial charge on any atom is -0.0622 e. The summed E-state index contributed by atoms with van der Waals surface area (Å²) in [6, 6.07) is 81.0. The fraction of sp³-hybridized carbons (Fsp3) is 0. The molecular formula is C58H36. The third kappa shape index (κ3) is 5.09. The first kappa shape index (κ1) is 32.7. The second-order valence-electron chi connectivity index (χ2n) is 15.6. The molecule has 11 aromatic rings. The van der Waals surface area contributed by atoms with Crippen molar-refractivity contribution >= 4 is 43.1 Å². The Morgan fingerprint density at radius 1 is 0.190 bits per heavy atom. The minimum absolute atomic E-state index is 1.21. The van der Waals surface area contributed by atoms with Crippen LogP contribution in [0.15, 0.2) is 218 Å². The number of hydrogen-bond donors (Lipinski definition) is 0. The van der Waals surface area contributed by atoms with Crippen LogP contribution in [-0.2, 0) is 0 Å². The molecule has 0 N–H and O–H groups in total. The van der Waals surface area contributed by atoms with Crippen molar-refractivity contribution in [1.29, 1.82) is 0 Å². The van der Waals surface area contributed by atoms with Crippen molar-refractivity contribution in [3.05, 3.63) is 218 Å². The van der Waals surface area contributed by atoms with E-state index in [9.17, 15) is 0 Å². The number of fused-ring (bicyclic) bond motifs is 7. The van der Waals surface area contributed by atoms with E-state index < -0.39 is 0 Å². The maximum Gasteiger partial charge on any atom is -0.000719 e. The lowest BCUT2D eigenvalue weighted by atomic mass is 9.80. The van der Waals surface area contributed by atoms with Gasteiger partial charge in [-0.05, 0) is 163 Å². The van der Waals surface area contributed by atoms with Gasteiger partial charge >= 0.3 is 0 Å². The fourth-order valence-corrected chi connectivity index (χ4v) is 9.73. The molecule has 0 radical (unpaired) electrons. The van der Waals surface area contributed by atoms with E-state index in [0.717, 1.165) is 0 Å². The Bertz CT molecular complexity index is 3350. The lowest BCUT2D eigenvalue weighted by Gasteiger charge is -2.22. The third-order valence-electron chi connectivity index (χ3n) is 12.3. The van der Waals surface area contributed by atoms with Gasteiger partial charge in [0.1, 0.15) is 0 Å². The van der Waals surface area contributed by atoms with Crippen LogP contribution in [-0.4, -0.2) is 0 Å². The number of hydrogen-bond acceptors (Lipinski definition) is 0. The van der Waals surface area contributed by atoms with E-state index in [-0.39, 0.29) is 0 Å². The summed E-state index contributed by atoms with van der Waals surface area (Å²) in [5.74, 6) is 0. The Labute approximate surface area is 337 Å². The molecule has 0 saturated carbocycles. The first-order chi connectivity index (χ1) is 28.8. The van der Waals surface area contributed by atoms with Crippen LogP contribution in [0.4, 0.5) is 0 Å². The largest absolute Gasteiger partial charge is 0.0622 e. The number of rotatable bonds is 5. The average molecular weight is 733 g/mol. The summed E-state index contributed by atoms with van der Waals surface area (Å²) in [4.78, 5) is 0. The second-order valence-corrected chi connectivity index (χ2v) is 15.6. The molecule has 1 aliphatic rings. The molecule has 0 atom stereocenters. The standard InChI is InChI=1S/C58H36/c1-4-16-37(17-5-1)40-25-14-26-44(30-40)54-51-34-41-22-10-11-23-42(41)35-52(51)55(47-32-45(38-18-6-2-7-19-38)31-46(33-47)39-20-8-3-9-21-39)57-50-29-15-28-49-48-27-13-12-24-43(48)36-53(56(49)50)58(54)57/h1-36H. The molecule has 0 heteroatoms. The molecule has 0 saturated heterocycles. The van der Waals surface area contributed by atoms with Crippen molar-refractivity contribution in [1.82, 2.24) is 0 Å². The molecule has 0 unspecified atom stereocenters. The summed E-state index contributed by atoms with van der Waals surface area (Å²) >= 11 is 0. The smallest absolute Gasteiger partial charge is 0.000719 e. The molecule has 58 heavy (non-hydrogen) atoms. The van der Waals surface area contributed by atoms with Crippen molar-refractivity contribution < 1.29 is 0 Å². The first-order valence-electron chi connectivity index (χ1n) is 20.2. The highest BCUT2D eigenvalue weighted by Crippen LogP contribution is 2.59. The molecular weight excluding hydrogens is 697 g/mol. The first-order valence-corrected chi connectivity index (χ1v) is 20.2. The Kier molecular flexibility index (Phi) is 7.33. The Morgan fingerprint density at radius 3 is 1.26 bits per heavy atom. The quantitative estimate of drug-likeness (QED) is 0.122. The fourth-order valence-electron chi connectivity index (χ4n) is 9.73. The Morgan fingerprint density at radius 2 is 0.621 bits per heavy atom. The van der Waals surface area contributed by atoms with Crippen molar-refractivity contribution in [2.24, 2.45) is 0 Å². The van der Waals surface area contributed by atoms with E-state index in [4.69, 9.17) is 0 Å². The minimum atomic E-state index is 1.21. The van der Waals surface area contributed by atoms with Crippen LogP contribution in [0.5, 0.6) is 0 Å². The van der Waals surface area contributed by atoms with Gasteiger partial charge in [0.25, 0.3) is 0 Å². The molecule has 12 rings (SSSR count). The average Bonchev–Trinajstić information content (AvgIpc) is 3.62. The van der Waals surface area contributed by atoms with Gasteiger partial charge in [-0.2, -0.15) is 0 Å². The molecule has 268 valence electrons. The molecule has 1 aliphatic carbocycles. The maximum atomic E-state index is 2.46. The van der Waals surface area contributed by atoms with Crippen LogP contribution in [0.2, 0.25) is 0 Å². The highest BCUT2D eigenvalue weighted by Gasteiger charge is 2.32. The van der Waals surface area contributed by atoms with Gasteiger partial charge in [0.2, 0.25) is 0 Å². The topological polar surface area (TPSA) is 0 Å². The molecule has 0 aliphatic heterocycles. The lowest BCUT2D eigenvalue weighted by molar-refractivity contribution is 1.57. The normalized spacial score (nSPS) is 11.8. The van der Waals surface area contributed by atoms with Gasteiger partial charge in [-0.25, -0.2) is 0 Å². The monoisotopic (exact) mass is 732 g/mol. The Hall–Kier alpha value is -7.54. The van der Waals surface area contributed by atoms with Crippen LogP contribution >= 0.6 is 0 Å². The van der Waals surface area contributed by atoms with E-state index >= 15 is 0 Å². The summed E-state index contributed by atoms with van der Waals surface area (Å²) in [6.07, 6.45) is 0. The molecule has 0 heterocycles. The van der Waals surface area contributed by atoms with Gasteiger partial charge in [0.05, 0.1) is 0 Å². The van der Waals surface area contributed by atoms with E-state index in [1.54, 1.807) is 0 Å². The van der Waals surface area contributed by atoms with Crippen molar-refractivity contribution in [2.45, 2.75) is 0 Å². The summed E-state index contributed by atoms with van der Waals surface area (Å²) < 4.78 is 0. The third-order valence-corrected chi connectivity index (χ3v) is 12.3. The van der Waals surface area contributed by atoms with Crippen LogP contribution in [0, 0.1) is 0 Å². The zero-order valence-corrected chi connectivity index (χ0v) is 31.8. The van der Waals surface area contributed by atoms with Gasteiger partial charge in [-0.1, -0.05) is 176 Å². The van der Waals surface area contributed by atoms with E-state index in [0.29, 0.717) is 0 Å². The maximum absolute atomic E-state index is 2.46. The van der Waals surface area contributed by atoms with Crippen molar-refractivity contribution in [2.75, 3.05) is 0 Å². The predicted octanol–water partition coefficient (Wildman–Crippen LogP) is 16.3. The van der Waals surface area contributed by atoms with Gasteiger partial charge in [-0.3, -0.25) is 0 Å². The summed E-state index contributed by atoms with van der Waals surface area (Å²) in [5.41, 5.74) is 17.5. The summed E-state index contributed by atoms with van der Waals surface area (Å²) in [5, 5.41) is 10.2. The van der Waals surface area contributed by atoms with E-state index in [1.165, 1.54) is 121 Å². The van der Waals surface area contributed by atoms with E-state index in [1.807, 2.05) is 0 Å². The highest BCUT2D eigenvalue weighted by atomic mass is 14.3. The Balaban J connectivity index is 1.29. The molecule has 0 amide bonds. The zero-order valence-electron chi connectivity index (χ0n) is 31.8.